The predicted octanol–water partition coefficient (Wildman–Crippen LogP) is 4.54. The second-order valence-electron chi connectivity index (χ2n) is 7.68. The molecule has 0 aliphatic heterocycles. The molecule has 1 aromatic heterocycles. The Kier molecular flexibility index (Phi) is 6.92. The van der Waals surface area contributed by atoms with Crippen LogP contribution in [0.2, 0.25) is 0 Å². The largest absolute Gasteiger partial charge is 0.462 e. The van der Waals surface area contributed by atoms with Crippen molar-refractivity contribution in [1.82, 2.24) is 0 Å². The van der Waals surface area contributed by atoms with Crippen molar-refractivity contribution < 1.29 is 23.9 Å². The summed E-state index contributed by atoms with van der Waals surface area (Å²) in [5.74, 6) is -0.941. The quantitative estimate of drug-likeness (QED) is 0.682. The molecule has 7 heteroatoms. The van der Waals surface area contributed by atoms with Gasteiger partial charge in [0.15, 0.2) is 6.10 Å². The van der Waals surface area contributed by atoms with Crippen LogP contribution in [0.5, 0.6) is 0 Å². The van der Waals surface area contributed by atoms with Gasteiger partial charge in [-0.3, -0.25) is 4.79 Å². The van der Waals surface area contributed by atoms with Gasteiger partial charge in [0.2, 0.25) is 0 Å². The van der Waals surface area contributed by atoms with Crippen LogP contribution in [0.4, 0.5) is 5.00 Å². The van der Waals surface area contributed by atoms with E-state index in [2.05, 4.69) is 12.2 Å². The molecule has 2 atom stereocenters. The summed E-state index contributed by atoms with van der Waals surface area (Å²) in [5, 5.41) is 3.26. The molecule has 0 saturated carbocycles. The van der Waals surface area contributed by atoms with Gasteiger partial charge in [0, 0.05) is 4.88 Å². The summed E-state index contributed by atoms with van der Waals surface area (Å²) < 4.78 is 10.5. The average molecular weight is 430 g/mol. The molecule has 0 saturated heterocycles. The van der Waals surface area contributed by atoms with Gasteiger partial charge in [-0.05, 0) is 63.6 Å². The lowest BCUT2D eigenvalue weighted by molar-refractivity contribution is -0.123. The van der Waals surface area contributed by atoms with Gasteiger partial charge in [0.1, 0.15) is 5.00 Å². The van der Waals surface area contributed by atoms with Crippen LogP contribution in [0, 0.1) is 12.8 Å². The molecular formula is C23H27NO5S. The zero-order valence-corrected chi connectivity index (χ0v) is 18.6. The van der Waals surface area contributed by atoms with Gasteiger partial charge in [0.05, 0.1) is 17.7 Å². The molecule has 0 spiro atoms. The molecule has 0 bridgehead atoms. The number of ether oxygens (including phenoxy) is 2. The summed E-state index contributed by atoms with van der Waals surface area (Å²) in [6.07, 6.45) is 1.65. The van der Waals surface area contributed by atoms with Crippen LogP contribution < -0.4 is 5.32 Å². The number of aryl methyl sites for hydroxylation is 1. The number of hydrogen-bond donors (Lipinski definition) is 1. The molecule has 6 nitrogen and oxygen atoms in total. The molecular weight excluding hydrogens is 402 g/mol. The van der Waals surface area contributed by atoms with Crippen molar-refractivity contribution in [2.45, 2.75) is 53.1 Å². The fraction of sp³-hybridized carbons (Fsp3) is 0.435. The van der Waals surface area contributed by atoms with Gasteiger partial charge in [-0.15, -0.1) is 11.3 Å². The van der Waals surface area contributed by atoms with Gasteiger partial charge in [-0.2, -0.15) is 0 Å². The number of nitrogens with one attached hydrogen (secondary N) is 1. The van der Waals surface area contributed by atoms with Gasteiger partial charge in [-0.25, -0.2) is 9.59 Å². The number of fused-ring (bicyclic) bond motifs is 1. The van der Waals surface area contributed by atoms with Crippen LogP contribution in [0.1, 0.15) is 63.9 Å². The topological polar surface area (TPSA) is 81.7 Å². The normalized spacial score (nSPS) is 16.3. The van der Waals surface area contributed by atoms with Crippen molar-refractivity contribution in [1.29, 1.82) is 0 Å². The Balaban J connectivity index is 1.75. The fourth-order valence-electron chi connectivity index (χ4n) is 3.44. The lowest BCUT2D eigenvalue weighted by Crippen LogP contribution is -2.30. The first-order valence-electron chi connectivity index (χ1n) is 10.2. The number of anilines is 1. The number of hydrogen-bond acceptors (Lipinski definition) is 6. The zero-order valence-electron chi connectivity index (χ0n) is 17.7. The summed E-state index contributed by atoms with van der Waals surface area (Å²) in [4.78, 5) is 38.7. The van der Waals surface area contributed by atoms with E-state index in [0.717, 1.165) is 35.3 Å². The molecule has 0 fully saturated rings. The number of amides is 1. The summed E-state index contributed by atoms with van der Waals surface area (Å²) in [7, 11) is 0. The van der Waals surface area contributed by atoms with Crippen LogP contribution in [0.15, 0.2) is 24.3 Å². The highest BCUT2D eigenvalue weighted by atomic mass is 32.1. The average Bonchev–Trinajstić information content (AvgIpc) is 3.05. The van der Waals surface area contributed by atoms with E-state index in [9.17, 15) is 14.4 Å². The van der Waals surface area contributed by atoms with E-state index in [1.807, 2.05) is 19.1 Å². The smallest absolute Gasteiger partial charge is 0.341 e. The second kappa shape index (κ2) is 9.43. The van der Waals surface area contributed by atoms with E-state index in [-0.39, 0.29) is 6.61 Å². The molecule has 1 heterocycles. The van der Waals surface area contributed by atoms with Crippen molar-refractivity contribution in [3.05, 3.63) is 51.4 Å². The SMILES string of the molecule is CCOC(=O)c1c(NC(=O)[C@@H](C)OC(=O)c2ccc(C)cc2)sc2c1CC[C@@H](C)C2. The van der Waals surface area contributed by atoms with Gasteiger partial charge in [0.25, 0.3) is 5.91 Å². The minimum absolute atomic E-state index is 0.262. The van der Waals surface area contributed by atoms with Crippen LogP contribution in [-0.4, -0.2) is 30.6 Å². The summed E-state index contributed by atoms with van der Waals surface area (Å²) >= 11 is 1.41. The molecule has 3 rings (SSSR count). The van der Waals surface area contributed by atoms with E-state index in [0.29, 0.717) is 22.0 Å². The molecule has 1 aliphatic rings. The number of carbonyl (C=O) groups is 3. The maximum atomic E-state index is 12.7. The molecule has 160 valence electrons. The molecule has 1 amide bonds. The first-order chi connectivity index (χ1) is 14.3. The summed E-state index contributed by atoms with van der Waals surface area (Å²) in [5.41, 5.74) is 2.82. The Bertz CT molecular complexity index is 947. The van der Waals surface area contributed by atoms with Crippen molar-refractivity contribution in [3.63, 3.8) is 0 Å². The predicted molar refractivity (Wildman–Crippen MR) is 116 cm³/mol. The summed E-state index contributed by atoms with van der Waals surface area (Å²) in [6, 6.07) is 6.94. The Morgan fingerprint density at radius 3 is 2.57 bits per heavy atom. The molecule has 2 aromatic rings. The summed E-state index contributed by atoms with van der Waals surface area (Å²) in [6.45, 7) is 7.63. The fourth-order valence-corrected chi connectivity index (χ4v) is 4.85. The van der Waals surface area contributed by atoms with Gasteiger partial charge < -0.3 is 14.8 Å². The highest BCUT2D eigenvalue weighted by molar-refractivity contribution is 7.17. The first kappa shape index (κ1) is 22.0. The number of thiophene rings is 1. The molecule has 0 radical (unpaired) electrons. The van der Waals surface area contributed by atoms with E-state index in [4.69, 9.17) is 9.47 Å². The Labute approximate surface area is 180 Å². The Morgan fingerprint density at radius 1 is 1.20 bits per heavy atom. The second-order valence-corrected chi connectivity index (χ2v) is 8.78. The van der Waals surface area contributed by atoms with E-state index in [1.54, 1.807) is 19.1 Å². The maximum Gasteiger partial charge on any atom is 0.341 e. The monoisotopic (exact) mass is 429 g/mol. The lowest BCUT2D eigenvalue weighted by Gasteiger charge is -2.18. The first-order valence-corrected chi connectivity index (χ1v) is 11.0. The van der Waals surface area contributed by atoms with E-state index < -0.39 is 23.9 Å². The van der Waals surface area contributed by atoms with Crippen LogP contribution >= 0.6 is 11.3 Å². The number of benzene rings is 1. The molecule has 1 aliphatic carbocycles. The van der Waals surface area contributed by atoms with Crippen molar-refractivity contribution in [3.8, 4) is 0 Å². The standard InChI is InChI=1S/C23H27NO5S/c1-5-28-23(27)19-17-11-8-14(3)12-18(17)30-21(19)24-20(25)15(4)29-22(26)16-9-6-13(2)7-10-16/h6-7,9-10,14-15H,5,8,11-12H2,1-4H3,(H,24,25)/t14-,15-/m1/s1. The molecule has 1 N–H and O–H groups in total. The molecule has 30 heavy (non-hydrogen) atoms. The molecule has 0 unspecified atom stereocenters. The molecule has 1 aromatic carbocycles. The highest BCUT2D eigenvalue weighted by Crippen LogP contribution is 2.40. The third kappa shape index (κ3) is 4.90. The number of rotatable bonds is 6. The maximum absolute atomic E-state index is 12.7. The van der Waals surface area contributed by atoms with E-state index in [1.165, 1.54) is 18.3 Å². The van der Waals surface area contributed by atoms with E-state index >= 15 is 0 Å². The minimum atomic E-state index is -1.01. The van der Waals surface area contributed by atoms with Crippen molar-refractivity contribution in [2.75, 3.05) is 11.9 Å². The zero-order chi connectivity index (χ0) is 21.8. The number of carbonyl (C=O) groups excluding carboxylic acids is 3. The minimum Gasteiger partial charge on any atom is -0.462 e. The van der Waals surface area contributed by atoms with Gasteiger partial charge in [-0.1, -0.05) is 24.6 Å². The van der Waals surface area contributed by atoms with Crippen LogP contribution in [-0.2, 0) is 27.1 Å². The third-order valence-electron chi connectivity index (χ3n) is 5.17. The Hall–Kier alpha value is -2.67. The third-order valence-corrected chi connectivity index (χ3v) is 6.34. The van der Waals surface area contributed by atoms with Crippen molar-refractivity contribution >= 4 is 34.2 Å². The van der Waals surface area contributed by atoms with Crippen molar-refractivity contribution in [2.24, 2.45) is 5.92 Å². The number of esters is 2. The van der Waals surface area contributed by atoms with Gasteiger partial charge >= 0.3 is 11.9 Å². The Morgan fingerprint density at radius 2 is 1.90 bits per heavy atom. The van der Waals surface area contributed by atoms with Crippen LogP contribution in [0.3, 0.4) is 0 Å². The highest BCUT2D eigenvalue weighted by Gasteiger charge is 2.30. The van der Waals surface area contributed by atoms with Crippen LogP contribution in [0.25, 0.3) is 0 Å². The lowest BCUT2D eigenvalue weighted by atomic mass is 9.88.